The van der Waals surface area contributed by atoms with E-state index in [0.717, 1.165) is 4.31 Å². The maximum Gasteiger partial charge on any atom is 0.324 e. The van der Waals surface area contributed by atoms with Crippen molar-refractivity contribution in [3.63, 3.8) is 0 Å². The molecule has 0 radical (unpaired) electrons. The number of carbonyl (C=O) groups excluding carboxylic acids is 1. The number of rotatable bonds is 6. The van der Waals surface area contributed by atoms with E-state index in [1.165, 1.54) is 13.2 Å². The smallest absolute Gasteiger partial charge is 0.324 e. The summed E-state index contributed by atoms with van der Waals surface area (Å²) in [4.78, 5) is 11.2. The van der Waals surface area contributed by atoms with Crippen molar-refractivity contribution in [3.8, 4) is 0 Å². The van der Waals surface area contributed by atoms with Crippen molar-refractivity contribution >= 4 is 17.2 Å². The lowest BCUT2D eigenvalue weighted by Crippen LogP contribution is -2.42. The first-order valence-electron chi connectivity index (χ1n) is 4.14. The zero-order valence-electron chi connectivity index (χ0n) is 8.30. The molecule has 0 fully saturated rings. The van der Waals surface area contributed by atoms with Crippen molar-refractivity contribution in [1.29, 1.82) is 0 Å². The summed E-state index contributed by atoms with van der Waals surface area (Å²) >= 11 is -2.17. The van der Waals surface area contributed by atoms with Crippen LogP contribution in [0.25, 0.3) is 0 Å². The third-order valence-electron chi connectivity index (χ3n) is 1.72. The Hall–Kier alpha value is -0.720. The molecule has 1 unspecified atom stereocenters. The molecule has 0 saturated heterocycles. The van der Waals surface area contributed by atoms with E-state index in [1.54, 1.807) is 6.92 Å². The lowest BCUT2D eigenvalue weighted by molar-refractivity contribution is -0.145. The first kappa shape index (κ1) is 13.3. The van der Waals surface area contributed by atoms with Gasteiger partial charge in [0.15, 0.2) is 0 Å². The van der Waals surface area contributed by atoms with Gasteiger partial charge in [0.25, 0.3) is 0 Å². The largest absolute Gasteiger partial charge is 0.468 e. The highest BCUT2D eigenvalue weighted by atomic mass is 32.2. The second-order valence-corrected chi connectivity index (χ2v) is 3.46. The number of esters is 1. The first-order chi connectivity index (χ1) is 6.58. The molecule has 6 heteroatoms. The lowest BCUT2D eigenvalue weighted by Gasteiger charge is -2.23. The van der Waals surface area contributed by atoms with Gasteiger partial charge in [0.1, 0.15) is 6.04 Å². The summed E-state index contributed by atoms with van der Waals surface area (Å²) in [5.41, 5.74) is 0. The van der Waals surface area contributed by atoms with Crippen LogP contribution in [-0.4, -0.2) is 38.7 Å². The van der Waals surface area contributed by atoms with Crippen LogP contribution in [0.15, 0.2) is 12.7 Å². The molecule has 0 saturated carbocycles. The molecule has 82 valence electrons. The molecule has 0 heterocycles. The van der Waals surface area contributed by atoms with E-state index in [1.807, 2.05) is 0 Å². The topological polar surface area (TPSA) is 66.8 Å². The molecule has 0 aliphatic rings. The Balaban J connectivity index is 4.67. The molecule has 14 heavy (non-hydrogen) atoms. The molecular weight excluding hydrogens is 206 g/mol. The SMILES string of the molecule is C=CC[C@@H](C(=O)OC)N(CC)S(=O)O. The number of methoxy groups -OCH3 is 1. The fourth-order valence-electron chi connectivity index (χ4n) is 1.06. The standard InChI is InChI=1S/C8H15NO4S/c1-4-6-7(8(10)13-3)9(5-2)14(11)12/h4,7H,1,5-6H2,2-3H3,(H,11,12)/t7-/m0/s1. The second-order valence-electron chi connectivity index (χ2n) is 2.53. The van der Waals surface area contributed by atoms with Crippen molar-refractivity contribution in [3.05, 3.63) is 12.7 Å². The van der Waals surface area contributed by atoms with Crippen molar-refractivity contribution in [2.75, 3.05) is 13.7 Å². The van der Waals surface area contributed by atoms with Gasteiger partial charge in [-0.25, -0.2) is 4.21 Å². The molecule has 5 nitrogen and oxygen atoms in total. The Labute approximate surface area is 86.2 Å². The Morgan fingerprint density at radius 3 is 2.64 bits per heavy atom. The van der Waals surface area contributed by atoms with Crippen LogP contribution in [0.3, 0.4) is 0 Å². The molecule has 0 bridgehead atoms. The monoisotopic (exact) mass is 221 g/mol. The molecular formula is C8H15NO4S. The average molecular weight is 221 g/mol. The Bertz CT molecular complexity index is 231. The number of hydrogen-bond acceptors (Lipinski definition) is 3. The summed E-state index contributed by atoms with van der Waals surface area (Å²) in [6.07, 6.45) is 1.80. The normalized spacial score (nSPS) is 14.9. The highest BCUT2D eigenvalue weighted by Crippen LogP contribution is 2.08. The molecule has 0 aromatic rings. The fraction of sp³-hybridized carbons (Fsp3) is 0.625. The number of nitrogens with zero attached hydrogens (tertiary/aromatic N) is 1. The van der Waals surface area contributed by atoms with Crippen LogP contribution in [0.2, 0.25) is 0 Å². The van der Waals surface area contributed by atoms with Gasteiger partial charge in [0.05, 0.1) is 7.11 Å². The van der Waals surface area contributed by atoms with E-state index in [2.05, 4.69) is 11.3 Å². The zero-order valence-corrected chi connectivity index (χ0v) is 9.12. The van der Waals surface area contributed by atoms with Crippen LogP contribution >= 0.6 is 0 Å². The van der Waals surface area contributed by atoms with Crippen molar-refractivity contribution < 1.29 is 18.3 Å². The molecule has 0 aliphatic heterocycles. The summed E-state index contributed by atoms with van der Waals surface area (Å²) in [6.45, 7) is 5.45. The number of ether oxygens (including phenoxy) is 1. The molecule has 0 aromatic carbocycles. The van der Waals surface area contributed by atoms with Crippen LogP contribution in [0.5, 0.6) is 0 Å². The van der Waals surface area contributed by atoms with Crippen LogP contribution in [0.1, 0.15) is 13.3 Å². The minimum absolute atomic E-state index is 0.285. The Morgan fingerprint density at radius 2 is 2.36 bits per heavy atom. The summed E-state index contributed by atoms with van der Waals surface area (Å²) < 4.78 is 25.4. The van der Waals surface area contributed by atoms with Gasteiger partial charge in [0.2, 0.25) is 11.3 Å². The fourth-order valence-corrected chi connectivity index (χ4v) is 1.68. The van der Waals surface area contributed by atoms with Gasteiger partial charge in [-0.2, -0.15) is 4.31 Å². The zero-order chi connectivity index (χ0) is 11.1. The van der Waals surface area contributed by atoms with Crippen LogP contribution in [0.4, 0.5) is 0 Å². The molecule has 0 rings (SSSR count). The second kappa shape index (κ2) is 6.69. The van der Waals surface area contributed by atoms with Gasteiger partial charge < -0.3 is 4.74 Å². The van der Waals surface area contributed by atoms with Gasteiger partial charge in [-0.05, 0) is 6.42 Å². The molecule has 0 aromatic heterocycles. The lowest BCUT2D eigenvalue weighted by atomic mass is 10.2. The van der Waals surface area contributed by atoms with Gasteiger partial charge >= 0.3 is 5.97 Å². The summed E-state index contributed by atoms with van der Waals surface area (Å²) in [5, 5.41) is 0. The summed E-state index contributed by atoms with van der Waals surface area (Å²) in [6, 6.07) is -0.742. The molecule has 0 aliphatic carbocycles. The maximum absolute atomic E-state index is 11.2. The summed E-state index contributed by atoms with van der Waals surface area (Å²) in [5.74, 6) is -0.533. The molecule has 0 spiro atoms. The Morgan fingerprint density at radius 1 is 1.79 bits per heavy atom. The number of hydrogen-bond donors (Lipinski definition) is 1. The van der Waals surface area contributed by atoms with E-state index in [9.17, 15) is 9.00 Å². The minimum atomic E-state index is -2.17. The predicted molar refractivity (Wildman–Crippen MR) is 53.8 cm³/mol. The van der Waals surface area contributed by atoms with E-state index in [-0.39, 0.29) is 13.0 Å². The summed E-state index contributed by atoms with van der Waals surface area (Å²) in [7, 11) is 1.24. The third kappa shape index (κ3) is 3.57. The maximum atomic E-state index is 11.2. The van der Waals surface area contributed by atoms with Gasteiger partial charge in [-0.1, -0.05) is 13.0 Å². The Kier molecular flexibility index (Phi) is 6.35. The first-order valence-corrected chi connectivity index (χ1v) is 5.21. The van der Waals surface area contributed by atoms with Gasteiger partial charge in [-0.3, -0.25) is 9.35 Å². The van der Waals surface area contributed by atoms with Gasteiger partial charge in [0, 0.05) is 6.54 Å². The predicted octanol–water partition coefficient (Wildman–Crippen LogP) is 0.563. The third-order valence-corrected chi connectivity index (χ3v) is 2.64. The highest BCUT2D eigenvalue weighted by Gasteiger charge is 2.27. The van der Waals surface area contributed by atoms with Crippen LogP contribution < -0.4 is 0 Å². The minimum Gasteiger partial charge on any atom is -0.468 e. The van der Waals surface area contributed by atoms with Crippen LogP contribution in [0, 0.1) is 0 Å². The van der Waals surface area contributed by atoms with E-state index in [4.69, 9.17) is 4.55 Å². The van der Waals surface area contributed by atoms with E-state index < -0.39 is 23.3 Å². The van der Waals surface area contributed by atoms with Crippen molar-refractivity contribution in [1.82, 2.24) is 4.31 Å². The van der Waals surface area contributed by atoms with Crippen LogP contribution in [-0.2, 0) is 20.8 Å². The average Bonchev–Trinajstić information content (AvgIpc) is 2.16. The quantitative estimate of drug-likeness (QED) is 0.404. The van der Waals surface area contributed by atoms with E-state index in [0.29, 0.717) is 0 Å². The molecule has 1 N–H and O–H groups in total. The molecule has 2 atom stereocenters. The van der Waals surface area contributed by atoms with Crippen molar-refractivity contribution in [2.24, 2.45) is 0 Å². The highest BCUT2D eigenvalue weighted by molar-refractivity contribution is 7.76. The number of likely N-dealkylation sites (N-methyl/N-ethyl adjacent to an activating group) is 1. The molecule has 0 amide bonds. The van der Waals surface area contributed by atoms with Gasteiger partial charge in [-0.15, -0.1) is 6.58 Å². The number of carbonyl (C=O) groups is 1. The van der Waals surface area contributed by atoms with Crippen molar-refractivity contribution in [2.45, 2.75) is 19.4 Å². The van der Waals surface area contributed by atoms with E-state index >= 15 is 0 Å².